The molecular formula is C16H18N4O2. The zero-order chi connectivity index (χ0) is 15.5. The summed E-state index contributed by atoms with van der Waals surface area (Å²) in [6.45, 7) is 4.21. The summed E-state index contributed by atoms with van der Waals surface area (Å²) in [6, 6.07) is 8.82. The molecule has 0 saturated heterocycles. The van der Waals surface area contributed by atoms with Gasteiger partial charge in [-0.3, -0.25) is 9.20 Å². The van der Waals surface area contributed by atoms with Gasteiger partial charge < -0.3 is 9.73 Å². The Kier molecular flexibility index (Phi) is 3.91. The Morgan fingerprint density at radius 3 is 2.86 bits per heavy atom. The third-order valence-electron chi connectivity index (χ3n) is 3.41. The van der Waals surface area contributed by atoms with E-state index in [0.29, 0.717) is 11.7 Å². The third-order valence-corrected chi connectivity index (χ3v) is 3.41. The van der Waals surface area contributed by atoms with Crippen LogP contribution in [0.2, 0.25) is 0 Å². The Labute approximate surface area is 128 Å². The van der Waals surface area contributed by atoms with Crippen LogP contribution >= 0.6 is 0 Å². The number of nitrogens with one attached hydrogen (secondary N) is 1. The van der Waals surface area contributed by atoms with Crippen LogP contribution in [-0.4, -0.2) is 20.5 Å². The molecule has 1 N–H and O–H groups in total. The van der Waals surface area contributed by atoms with Crippen molar-refractivity contribution in [1.82, 2.24) is 19.9 Å². The summed E-state index contributed by atoms with van der Waals surface area (Å²) < 4.78 is 7.05. The van der Waals surface area contributed by atoms with Crippen LogP contribution in [0.1, 0.15) is 42.7 Å². The molecule has 22 heavy (non-hydrogen) atoms. The summed E-state index contributed by atoms with van der Waals surface area (Å²) in [5.74, 6) is 1.17. The zero-order valence-electron chi connectivity index (χ0n) is 12.6. The van der Waals surface area contributed by atoms with E-state index >= 15 is 0 Å². The fourth-order valence-electron chi connectivity index (χ4n) is 2.43. The van der Waals surface area contributed by atoms with Gasteiger partial charge >= 0.3 is 0 Å². The number of amides is 1. The maximum absolute atomic E-state index is 12.3. The summed E-state index contributed by atoms with van der Waals surface area (Å²) in [5.41, 5.74) is 0.763. The van der Waals surface area contributed by atoms with E-state index in [2.05, 4.69) is 29.4 Å². The van der Waals surface area contributed by atoms with Gasteiger partial charge in [-0.25, -0.2) is 0 Å². The number of aromatic nitrogens is 3. The second-order valence-electron chi connectivity index (χ2n) is 5.62. The van der Waals surface area contributed by atoms with Gasteiger partial charge in [0, 0.05) is 6.20 Å². The predicted molar refractivity (Wildman–Crippen MR) is 81.4 cm³/mol. The molecular weight excluding hydrogens is 280 g/mol. The maximum atomic E-state index is 12.3. The van der Waals surface area contributed by atoms with Gasteiger partial charge in [-0.2, -0.15) is 0 Å². The van der Waals surface area contributed by atoms with Gasteiger partial charge in [0.25, 0.3) is 5.91 Å². The minimum atomic E-state index is -0.247. The third kappa shape index (κ3) is 2.86. The molecule has 0 fully saturated rings. The zero-order valence-corrected chi connectivity index (χ0v) is 12.6. The van der Waals surface area contributed by atoms with Crippen molar-refractivity contribution >= 4 is 11.6 Å². The Hall–Kier alpha value is -2.63. The van der Waals surface area contributed by atoms with E-state index in [4.69, 9.17) is 4.42 Å². The van der Waals surface area contributed by atoms with Gasteiger partial charge in [0.05, 0.1) is 12.3 Å². The second kappa shape index (κ2) is 6.01. The standard InChI is InChI=1S/C16H18N4O2/c1-11(2)10-12(17-16(21)13-6-5-9-22-13)15-19-18-14-7-3-4-8-20(14)15/h3-9,11-12H,10H2,1-2H3,(H,17,21)/t12-/m1/s1. The topological polar surface area (TPSA) is 72.4 Å². The first kappa shape index (κ1) is 14.3. The largest absolute Gasteiger partial charge is 0.459 e. The van der Waals surface area contributed by atoms with Crippen molar-refractivity contribution in [3.05, 3.63) is 54.4 Å². The van der Waals surface area contributed by atoms with E-state index in [9.17, 15) is 4.79 Å². The van der Waals surface area contributed by atoms with Gasteiger partial charge in [0.2, 0.25) is 0 Å². The molecule has 0 spiro atoms. The van der Waals surface area contributed by atoms with Crippen LogP contribution in [0.5, 0.6) is 0 Å². The first-order valence-corrected chi connectivity index (χ1v) is 7.29. The van der Waals surface area contributed by atoms with E-state index < -0.39 is 0 Å². The van der Waals surface area contributed by atoms with Crippen LogP contribution in [0.25, 0.3) is 5.65 Å². The molecule has 0 saturated carbocycles. The number of pyridine rings is 1. The van der Waals surface area contributed by atoms with Gasteiger partial charge in [-0.05, 0) is 36.6 Å². The molecule has 0 aromatic carbocycles. The number of carbonyl (C=O) groups is 1. The number of hydrogen-bond acceptors (Lipinski definition) is 4. The molecule has 6 nitrogen and oxygen atoms in total. The molecule has 0 aliphatic rings. The first-order chi connectivity index (χ1) is 10.6. The van der Waals surface area contributed by atoms with Crippen LogP contribution < -0.4 is 5.32 Å². The SMILES string of the molecule is CC(C)C[C@@H](NC(=O)c1ccco1)c1nnc2ccccn12. The highest BCUT2D eigenvalue weighted by Crippen LogP contribution is 2.21. The van der Waals surface area contributed by atoms with Crippen LogP contribution in [0.3, 0.4) is 0 Å². The number of nitrogens with zero attached hydrogens (tertiary/aromatic N) is 3. The molecule has 0 unspecified atom stereocenters. The molecule has 1 amide bonds. The lowest BCUT2D eigenvalue weighted by Gasteiger charge is -2.18. The number of fused-ring (bicyclic) bond motifs is 1. The van der Waals surface area contributed by atoms with Crippen molar-refractivity contribution in [2.75, 3.05) is 0 Å². The fraction of sp³-hybridized carbons (Fsp3) is 0.312. The number of furan rings is 1. The van der Waals surface area contributed by atoms with Crippen molar-refractivity contribution in [2.45, 2.75) is 26.3 Å². The fourth-order valence-corrected chi connectivity index (χ4v) is 2.43. The van der Waals surface area contributed by atoms with E-state index in [0.717, 1.165) is 17.9 Å². The smallest absolute Gasteiger partial charge is 0.287 e. The Morgan fingerprint density at radius 1 is 1.27 bits per heavy atom. The molecule has 3 aromatic rings. The van der Waals surface area contributed by atoms with Gasteiger partial charge in [0.15, 0.2) is 17.2 Å². The highest BCUT2D eigenvalue weighted by Gasteiger charge is 2.23. The quantitative estimate of drug-likeness (QED) is 0.786. The maximum Gasteiger partial charge on any atom is 0.287 e. The molecule has 0 radical (unpaired) electrons. The van der Waals surface area contributed by atoms with Gasteiger partial charge in [-0.1, -0.05) is 19.9 Å². The van der Waals surface area contributed by atoms with E-state index in [1.165, 1.54) is 6.26 Å². The molecule has 6 heteroatoms. The molecule has 3 heterocycles. The molecule has 0 bridgehead atoms. The van der Waals surface area contributed by atoms with Crippen molar-refractivity contribution in [3.8, 4) is 0 Å². The summed E-state index contributed by atoms with van der Waals surface area (Å²) in [4.78, 5) is 12.3. The lowest BCUT2D eigenvalue weighted by molar-refractivity contribution is 0.0901. The molecule has 0 aliphatic carbocycles. The molecule has 1 atom stereocenters. The Balaban J connectivity index is 1.91. The number of hydrogen-bond donors (Lipinski definition) is 1. The summed E-state index contributed by atoms with van der Waals surface area (Å²) in [7, 11) is 0. The number of rotatable bonds is 5. The average Bonchev–Trinajstić information content (AvgIpc) is 3.16. The molecule has 3 rings (SSSR count). The highest BCUT2D eigenvalue weighted by atomic mass is 16.3. The summed E-state index contributed by atoms with van der Waals surface area (Å²) in [5, 5.41) is 11.4. The number of carbonyl (C=O) groups excluding carboxylic acids is 1. The minimum absolute atomic E-state index is 0.227. The lowest BCUT2D eigenvalue weighted by atomic mass is 10.0. The Morgan fingerprint density at radius 2 is 2.14 bits per heavy atom. The van der Waals surface area contributed by atoms with Gasteiger partial charge in [-0.15, -0.1) is 10.2 Å². The lowest BCUT2D eigenvalue weighted by Crippen LogP contribution is -2.30. The van der Waals surface area contributed by atoms with Crippen LogP contribution in [0, 0.1) is 5.92 Å². The van der Waals surface area contributed by atoms with Crippen LogP contribution in [-0.2, 0) is 0 Å². The van der Waals surface area contributed by atoms with Crippen molar-refractivity contribution in [2.24, 2.45) is 5.92 Å². The average molecular weight is 298 g/mol. The molecule has 114 valence electrons. The van der Waals surface area contributed by atoms with Crippen LogP contribution in [0.15, 0.2) is 47.2 Å². The van der Waals surface area contributed by atoms with Crippen molar-refractivity contribution in [3.63, 3.8) is 0 Å². The Bertz CT molecular complexity index is 761. The highest BCUT2D eigenvalue weighted by molar-refractivity contribution is 5.91. The summed E-state index contributed by atoms with van der Waals surface area (Å²) in [6.07, 6.45) is 4.15. The van der Waals surface area contributed by atoms with Crippen LogP contribution in [0.4, 0.5) is 0 Å². The molecule has 3 aromatic heterocycles. The van der Waals surface area contributed by atoms with E-state index in [1.54, 1.807) is 12.1 Å². The summed E-state index contributed by atoms with van der Waals surface area (Å²) >= 11 is 0. The minimum Gasteiger partial charge on any atom is -0.459 e. The monoisotopic (exact) mass is 298 g/mol. The second-order valence-corrected chi connectivity index (χ2v) is 5.62. The van der Waals surface area contributed by atoms with Gasteiger partial charge in [0.1, 0.15) is 0 Å². The van der Waals surface area contributed by atoms with E-state index in [-0.39, 0.29) is 11.9 Å². The van der Waals surface area contributed by atoms with E-state index in [1.807, 2.05) is 28.8 Å². The van der Waals surface area contributed by atoms with Crippen molar-refractivity contribution < 1.29 is 9.21 Å². The predicted octanol–water partition coefficient (Wildman–Crippen LogP) is 2.84. The normalized spacial score (nSPS) is 12.7. The van der Waals surface area contributed by atoms with Crippen molar-refractivity contribution in [1.29, 1.82) is 0 Å². The molecule has 0 aliphatic heterocycles. The first-order valence-electron chi connectivity index (χ1n) is 7.29.